The maximum Gasteiger partial charge on any atom is 0.322 e. The van der Waals surface area contributed by atoms with Crippen molar-refractivity contribution in [2.45, 2.75) is 33.4 Å². The highest BCUT2D eigenvalue weighted by atomic mass is 19.1. The molecule has 0 saturated carbocycles. The Bertz CT molecular complexity index is 1500. The molecule has 3 aromatic carbocycles. The number of urea groups is 1. The Kier molecular flexibility index (Phi) is 6.48. The van der Waals surface area contributed by atoms with Crippen LogP contribution in [0.2, 0.25) is 0 Å². The second kappa shape index (κ2) is 9.89. The molecule has 0 bridgehead atoms. The lowest BCUT2D eigenvalue weighted by Crippen LogP contribution is -2.45. The maximum absolute atomic E-state index is 14.3. The van der Waals surface area contributed by atoms with E-state index < -0.39 is 11.9 Å². The summed E-state index contributed by atoms with van der Waals surface area (Å²) in [6.45, 7) is 6.33. The van der Waals surface area contributed by atoms with Crippen LogP contribution >= 0.6 is 0 Å². The van der Waals surface area contributed by atoms with Crippen LogP contribution in [-0.4, -0.2) is 28.2 Å². The minimum Gasteiger partial charge on any atom is -0.494 e. The van der Waals surface area contributed by atoms with Crippen LogP contribution in [0.3, 0.4) is 0 Å². The van der Waals surface area contributed by atoms with E-state index in [1.165, 1.54) is 19.2 Å². The Morgan fingerprint density at radius 2 is 1.81 bits per heavy atom. The smallest absolute Gasteiger partial charge is 0.322 e. The first-order valence-corrected chi connectivity index (χ1v) is 11.9. The third kappa shape index (κ3) is 4.70. The molecule has 0 saturated heterocycles. The SMILES string of the molecule is COc1ccc(-c2noc(C3=C(C)N(Cc4ccccc4)C(=O)NC3c3ccc(C)c(C)c3)n2)cc1F. The molecule has 1 aromatic heterocycles. The van der Waals surface area contributed by atoms with Crippen molar-refractivity contribution in [3.05, 3.63) is 106 Å². The van der Waals surface area contributed by atoms with Crippen molar-refractivity contribution in [2.24, 2.45) is 0 Å². The number of halogens is 1. The lowest BCUT2D eigenvalue weighted by molar-refractivity contribution is 0.203. The average molecular weight is 499 g/mol. The number of benzene rings is 3. The summed E-state index contributed by atoms with van der Waals surface area (Å²) in [5.41, 5.74) is 5.99. The molecule has 2 heterocycles. The van der Waals surface area contributed by atoms with E-state index in [1.54, 1.807) is 11.0 Å². The number of carbonyl (C=O) groups is 1. The topological polar surface area (TPSA) is 80.5 Å². The van der Waals surface area contributed by atoms with E-state index in [0.717, 1.165) is 22.3 Å². The van der Waals surface area contributed by atoms with Gasteiger partial charge in [0.2, 0.25) is 5.82 Å². The molecular weight excluding hydrogens is 471 g/mol. The fourth-order valence-electron chi connectivity index (χ4n) is 4.46. The fourth-order valence-corrected chi connectivity index (χ4v) is 4.46. The molecule has 0 radical (unpaired) electrons. The second-order valence-corrected chi connectivity index (χ2v) is 9.07. The molecule has 0 aliphatic carbocycles. The van der Waals surface area contributed by atoms with Crippen LogP contribution in [0.5, 0.6) is 5.75 Å². The van der Waals surface area contributed by atoms with Crippen LogP contribution in [0, 0.1) is 19.7 Å². The Balaban J connectivity index is 1.60. The average Bonchev–Trinajstić information content (AvgIpc) is 3.38. The predicted octanol–water partition coefficient (Wildman–Crippen LogP) is 6.20. The number of nitrogens with zero attached hydrogens (tertiary/aromatic N) is 3. The molecule has 7 nitrogen and oxygen atoms in total. The van der Waals surface area contributed by atoms with Crippen LogP contribution in [0.15, 0.2) is 77.0 Å². The molecule has 37 heavy (non-hydrogen) atoms. The third-order valence-corrected chi connectivity index (χ3v) is 6.71. The van der Waals surface area contributed by atoms with E-state index >= 15 is 0 Å². The van der Waals surface area contributed by atoms with Gasteiger partial charge in [0.1, 0.15) is 0 Å². The predicted molar refractivity (Wildman–Crippen MR) is 138 cm³/mol. The Morgan fingerprint density at radius 3 is 2.51 bits per heavy atom. The highest BCUT2D eigenvalue weighted by Crippen LogP contribution is 2.38. The van der Waals surface area contributed by atoms with E-state index in [9.17, 15) is 9.18 Å². The number of allylic oxidation sites excluding steroid dienone is 1. The van der Waals surface area contributed by atoms with E-state index in [0.29, 0.717) is 23.4 Å². The second-order valence-electron chi connectivity index (χ2n) is 9.07. The van der Waals surface area contributed by atoms with Crippen LogP contribution in [0.4, 0.5) is 9.18 Å². The molecule has 5 rings (SSSR count). The number of rotatable bonds is 6. The van der Waals surface area contributed by atoms with E-state index in [2.05, 4.69) is 21.5 Å². The molecule has 1 aliphatic rings. The Labute approximate surface area is 214 Å². The van der Waals surface area contributed by atoms with E-state index in [4.69, 9.17) is 9.26 Å². The van der Waals surface area contributed by atoms with Gasteiger partial charge in [0.15, 0.2) is 11.6 Å². The van der Waals surface area contributed by atoms with Gasteiger partial charge in [-0.1, -0.05) is 53.7 Å². The standard InChI is InChI=1S/C29H27FN4O3/c1-17-10-11-21(14-18(17)2)26-25(19(3)34(29(35)31-26)16-20-8-6-5-7-9-20)28-32-27(33-37-28)22-12-13-24(36-4)23(30)15-22/h5-15,26H,16H2,1-4H3,(H,31,35). The molecule has 1 aliphatic heterocycles. The first-order valence-electron chi connectivity index (χ1n) is 11.9. The molecule has 4 aromatic rings. The van der Waals surface area contributed by atoms with Gasteiger partial charge in [-0.3, -0.25) is 4.90 Å². The van der Waals surface area contributed by atoms with Gasteiger partial charge in [-0.2, -0.15) is 4.98 Å². The van der Waals surface area contributed by atoms with Crippen molar-refractivity contribution >= 4 is 11.6 Å². The zero-order valence-electron chi connectivity index (χ0n) is 21.1. The summed E-state index contributed by atoms with van der Waals surface area (Å²) in [6, 6.07) is 19.6. The zero-order chi connectivity index (χ0) is 26.1. The number of amides is 2. The van der Waals surface area contributed by atoms with Crippen molar-refractivity contribution in [3.8, 4) is 17.1 Å². The first kappa shape index (κ1) is 24.2. The molecule has 1 unspecified atom stereocenters. The quantitative estimate of drug-likeness (QED) is 0.342. The monoisotopic (exact) mass is 498 g/mol. The fraction of sp³-hybridized carbons (Fsp3) is 0.207. The van der Waals surface area contributed by atoms with Gasteiger partial charge in [-0.15, -0.1) is 0 Å². The van der Waals surface area contributed by atoms with Crippen molar-refractivity contribution in [2.75, 3.05) is 7.11 Å². The number of aryl methyl sites for hydroxylation is 2. The Morgan fingerprint density at radius 1 is 1.03 bits per heavy atom. The van der Waals surface area contributed by atoms with Gasteiger partial charge in [0, 0.05) is 11.3 Å². The Hall–Kier alpha value is -4.46. The van der Waals surface area contributed by atoms with Gasteiger partial charge in [-0.25, -0.2) is 9.18 Å². The summed E-state index contributed by atoms with van der Waals surface area (Å²) in [7, 11) is 1.41. The van der Waals surface area contributed by atoms with E-state index in [1.807, 2.05) is 63.2 Å². The normalized spacial score (nSPS) is 15.6. The number of nitrogens with one attached hydrogen (secondary N) is 1. The lowest BCUT2D eigenvalue weighted by Gasteiger charge is -2.35. The minimum atomic E-state index is -0.520. The van der Waals surface area contributed by atoms with Crippen LogP contribution in [0.25, 0.3) is 17.0 Å². The van der Waals surface area contributed by atoms with Crippen molar-refractivity contribution in [1.82, 2.24) is 20.4 Å². The highest BCUT2D eigenvalue weighted by molar-refractivity contribution is 5.87. The molecule has 0 spiro atoms. The van der Waals surface area contributed by atoms with Crippen LogP contribution in [0.1, 0.15) is 41.1 Å². The van der Waals surface area contributed by atoms with E-state index in [-0.39, 0.29) is 23.5 Å². The summed E-state index contributed by atoms with van der Waals surface area (Å²) >= 11 is 0. The maximum atomic E-state index is 14.3. The van der Waals surface area contributed by atoms with Crippen LogP contribution in [-0.2, 0) is 6.54 Å². The number of hydrogen-bond acceptors (Lipinski definition) is 5. The molecule has 188 valence electrons. The number of hydrogen-bond donors (Lipinski definition) is 1. The zero-order valence-corrected chi connectivity index (χ0v) is 21.1. The number of ether oxygens (including phenoxy) is 1. The van der Waals surface area contributed by atoms with Crippen molar-refractivity contribution in [3.63, 3.8) is 0 Å². The van der Waals surface area contributed by atoms with Gasteiger partial charge >= 0.3 is 6.03 Å². The number of aromatic nitrogens is 2. The largest absolute Gasteiger partial charge is 0.494 e. The molecule has 1 atom stereocenters. The van der Waals surface area contributed by atoms with Gasteiger partial charge in [0.05, 0.1) is 25.3 Å². The first-order chi connectivity index (χ1) is 17.9. The molecule has 2 amide bonds. The third-order valence-electron chi connectivity index (χ3n) is 6.71. The van der Waals surface area contributed by atoms with Crippen molar-refractivity contribution < 1.29 is 18.4 Å². The van der Waals surface area contributed by atoms with Crippen LogP contribution < -0.4 is 10.1 Å². The van der Waals surface area contributed by atoms with Gasteiger partial charge < -0.3 is 14.6 Å². The summed E-state index contributed by atoms with van der Waals surface area (Å²) < 4.78 is 25.1. The minimum absolute atomic E-state index is 0.132. The molecular formula is C29H27FN4O3. The lowest BCUT2D eigenvalue weighted by atomic mass is 9.92. The highest BCUT2D eigenvalue weighted by Gasteiger charge is 2.36. The summed E-state index contributed by atoms with van der Waals surface area (Å²) in [5.74, 6) is 0.105. The van der Waals surface area contributed by atoms with Gasteiger partial charge in [0.25, 0.3) is 5.89 Å². The summed E-state index contributed by atoms with van der Waals surface area (Å²) in [5, 5.41) is 7.25. The molecule has 8 heteroatoms. The summed E-state index contributed by atoms with van der Waals surface area (Å²) in [4.78, 5) is 19.6. The molecule has 1 N–H and O–H groups in total. The summed E-state index contributed by atoms with van der Waals surface area (Å²) in [6.07, 6.45) is 0. The van der Waals surface area contributed by atoms with Gasteiger partial charge in [-0.05, 0) is 61.2 Å². The number of methoxy groups -OCH3 is 1. The molecule has 0 fully saturated rings. The number of carbonyl (C=O) groups excluding carboxylic acids is 1. The van der Waals surface area contributed by atoms with Crippen molar-refractivity contribution in [1.29, 1.82) is 0 Å².